The van der Waals surface area contributed by atoms with E-state index in [1.807, 2.05) is 6.92 Å². The summed E-state index contributed by atoms with van der Waals surface area (Å²) in [5.74, 6) is 0. The molecule has 0 amide bonds. The Hall–Kier alpha value is 0.500. The van der Waals surface area contributed by atoms with Crippen LogP contribution in [-0.4, -0.2) is 29.6 Å². The van der Waals surface area contributed by atoms with Crippen LogP contribution < -0.4 is 4.72 Å². The third-order valence-corrected chi connectivity index (χ3v) is 6.66. The van der Waals surface area contributed by atoms with E-state index in [9.17, 15) is 8.42 Å². The van der Waals surface area contributed by atoms with Crippen LogP contribution in [0.2, 0.25) is 0 Å². The quantitative estimate of drug-likeness (QED) is 0.658. The van der Waals surface area contributed by atoms with Gasteiger partial charge in [0.25, 0.3) is 0 Å². The second-order valence-corrected chi connectivity index (χ2v) is 7.57. The topological polar surface area (TPSA) is 59.1 Å². The van der Waals surface area contributed by atoms with Crippen molar-refractivity contribution in [1.82, 2.24) is 9.71 Å². The van der Waals surface area contributed by atoms with Crippen LogP contribution in [0.25, 0.3) is 0 Å². The highest BCUT2D eigenvalue weighted by Crippen LogP contribution is 2.21. The molecule has 1 heterocycles. The summed E-state index contributed by atoms with van der Waals surface area (Å²) in [5, 5.41) is 1.06. The number of halogens is 3. The summed E-state index contributed by atoms with van der Waals surface area (Å²) in [6, 6.07) is 1.53. The van der Waals surface area contributed by atoms with Crippen molar-refractivity contribution >= 4 is 57.8 Å². The van der Waals surface area contributed by atoms with Gasteiger partial charge in [-0.05, 0) is 28.4 Å². The van der Waals surface area contributed by atoms with Gasteiger partial charge >= 0.3 is 0 Å². The molecule has 1 rings (SSSR count). The highest BCUT2D eigenvalue weighted by Gasteiger charge is 2.32. The maximum Gasteiger partial charge on any atom is 0.242 e. The molecular weight excluding hydrogens is 452 g/mol. The van der Waals surface area contributed by atoms with Gasteiger partial charge in [0.15, 0.2) is 0 Å². The number of nitrogens with one attached hydrogen (secondary N) is 1. The lowest BCUT2D eigenvalue weighted by Gasteiger charge is -2.29. The van der Waals surface area contributed by atoms with E-state index in [-0.39, 0.29) is 4.90 Å². The smallest absolute Gasteiger partial charge is 0.242 e. The first kappa shape index (κ1) is 16.6. The molecule has 0 fully saturated rings. The summed E-state index contributed by atoms with van der Waals surface area (Å²) in [4.78, 5) is 4.02. The standard InChI is InChI=1S/C10H13Br3N2O2S/c1-2-10(6-11,7-12)15-18(16,17)9-3-8(13)4-14-5-9/h3-5,15H,2,6-7H2,1H3. The number of alkyl halides is 2. The Kier molecular flexibility index (Phi) is 6.24. The molecule has 0 radical (unpaired) electrons. The first-order valence-electron chi connectivity index (χ1n) is 5.15. The summed E-state index contributed by atoms with van der Waals surface area (Å²) in [5.41, 5.74) is -0.541. The van der Waals surface area contributed by atoms with E-state index in [0.717, 1.165) is 0 Å². The number of hydrogen-bond acceptors (Lipinski definition) is 3. The minimum Gasteiger partial charge on any atom is -0.262 e. The first-order valence-corrected chi connectivity index (χ1v) is 9.67. The SMILES string of the molecule is CCC(CBr)(CBr)NS(=O)(=O)c1cncc(Br)c1. The molecule has 1 aromatic heterocycles. The van der Waals surface area contributed by atoms with E-state index in [1.54, 1.807) is 6.20 Å². The minimum atomic E-state index is -3.58. The normalized spacial score (nSPS) is 12.7. The molecule has 0 aliphatic rings. The average Bonchev–Trinajstić information content (AvgIpc) is 2.36. The van der Waals surface area contributed by atoms with Gasteiger partial charge in [0, 0.05) is 27.5 Å². The van der Waals surface area contributed by atoms with Crippen molar-refractivity contribution in [2.75, 3.05) is 10.7 Å². The van der Waals surface area contributed by atoms with Crippen molar-refractivity contribution in [2.24, 2.45) is 0 Å². The first-order chi connectivity index (χ1) is 8.39. The lowest BCUT2D eigenvalue weighted by atomic mass is 10.0. The zero-order valence-electron chi connectivity index (χ0n) is 9.66. The molecule has 0 aliphatic heterocycles. The van der Waals surface area contributed by atoms with Crippen LogP contribution in [0, 0.1) is 0 Å². The van der Waals surface area contributed by atoms with Gasteiger partial charge in [0.1, 0.15) is 4.90 Å². The molecule has 0 aliphatic carbocycles. The van der Waals surface area contributed by atoms with Gasteiger partial charge in [-0.3, -0.25) is 4.98 Å². The molecule has 102 valence electrons. The van der Waals surface area contributed by atoms with Gasteiger partial charge in [-0.1, -0.05) is 38.8 Å². The molecule has 1 aromatic rings. The number of hydrogen-bond donors (Lipinski definition) is 1. The van der Waals surface area contributed by atoms with E-state index < -0.39 is 15.6 Å². The maximum atomic E-state index is 12.3. The second-order valence-electron chi connectivity index (χ2n) is 3.85. The third kappa shape index (κ3) is 4.00. The zero-order chi connectivity index (χ0) is 13.8. The molecule has 8 heteroatoms. The maximum absolute atomic E-state index is 12.3. The van der Waals surface area contributed by atoms with Gasteiger partial charge in [-0.2, -0.15) is 0 Å². The fourth-order valence-corrected chi connectivity index (χ4v) is 5.58. The Morgan fingerprint density at radius 1 is 1.33 bits per heavy atom. The van der Waals surface area contributed by atoms with Gasteiger partial charge in [0.05, 0.1) is 5.54 Å². The van der Waals surface area contributed by atoms with Crippen LogP contribution in [0.15, 0.2) is 27.8 Å². The second kappa shape index (κ2) is 6.78. The van der Waals surface area contributed by atoms with E-state index in [4.69, 9.17) is 0 Å². The van der Waals surface area contributed by atoms with E-state index in [2.05, 4.69) is 57.5 Å². The third-order valence-electron chi connectivity index (χ3n) is 2.53. The molecular formula is C10H13Br3N2O2S. The van der Waals surface area contributed by atoms with Crippen LogP contribution in [0.3, 0.4) is 0 Å². The Bertz CT molecular complexity index is 495. The molecule has 0 unspecified atom stereocenters. The predicted octanol–water partition coefficient (Wildman–Crippen LogP) is 3.06. The Morgan fingerprint density at radius 2 is 1.94 bits per heavy atom. The number of pyridine rings is 1. The van der Waals surface area contributed by atoms with Gasteiger partial charge < -0.3 is 0 Å². The van der Waals surface area contributed by atoms with Crippen molar-refractivity contribution < 1.29 is 8.42 Å². The van der Waals surface area contributed by atoms with E-state index in [0.29, 0.717) is 21.6 Å². The summed E-state index contributed by atoms with van der Waals surface area (Å²) < 4.78 is 27.9. The molecule has 0 spiro atoms. The van der Waals surface area contributed by atoms with Crippen molar-refractivity contribution in [3.8, 4) is 0 Å². The molecule has 1 N–H and O–H groups in total. The van der Waals surface area contributed by atoms with Crippen LogP contribution in [0.4, 0.5) is 0 Å². The Labute approximate surface area is 132 Å². The summed E-state index contributed by atoms with van der Waals surface area (Å²) >= 11 is 9.91. The van der Waals surface area contributed by atoms with Gasteiger partial charge in [0.2, 0.25) is 10.0 Å². The van der Waals surface area contributed by atoms with Crippen LogP contribution in [0.5, 0.6) is 0 Å². The van der Waals surface area contributed by atoms with Crippen LogP contribution in [-0.2, 0) is 10.0 Å². The average molecular weight is 465 g/mol. The summed E-state index contributed by atoms with van der Waals surface area (Å²) in [6.45, 7) is 1.93. The van der Waals surface area contributed by atoms with Gasteiger partial charge in [-0.25, -0.2) is 13.1 Å². The number of sulfonamides is 1. The van der Waals surface area contributed by atoms with Crippen molar-refractivity contribution in [3.63, 3.8) is 0 Å². The largest absolute Gasteiger partial charge is 0.262 e. The molecule has 0 saturated carbocycles. The Morgan fingerprint density at radius 3 is 2.39 bits per heavy atom. The van der Waals surface area contributed by atoms with E-state index in [1.165, 1.54) is 12.3 Å². The fraction of sp³-hybridized carbons (Fsp3) is 0.500. The summed E-state index contributed by atoms with van der Waals surface area (Å²) in [7, 11) is -3.58. The molecule has 0 aromatic carbocycles. The van der Waals surface area contributed by atoms with E-state index >= 15 is 0 Å². The van der Waals surface area contributed by atoms with Crippen molar-refractivity contribution in [2.45, 2.75) is 23.8 Å². The zero-order valence-corrected chi connectivity index (χ0v) is 15.2. The van der Waals surface area contributed by atoms with Crippen molar-refractivity contribution in [3.05, 3.63) is 22.9 Å². The molecule has 18 heavy (non-hydrogen) atoms. The monoisotopic (exact) mass is 462 g/mol. The molecule has 4 nitrogen and oxygen atoms in total. The summed E-state index contributed by atoms with van der Waals surface area (Å²) in [6.07, 6.45) is 3.54. The molecule has 0 saturated heterocycles. The lowest BCUT2D eigenvalue weighted by molar-refractivity contribution is 0.459. The van der Waals surface area contributed by atoms with Crippen LogP contribution >= 0.6 is 47.8 Å². The minimum absolute atomic E-state index is 0.150. The predicted molar refractivity (Wildman–Crippen MR) is 82.9 cm³/mol. The van der Waals surface area contributed by atoms with Crippen LogP contribution in [0.1, 0.15) is 13.3 Å². The lowest BCUT2D eigenvalue weighted by Crippen LogP contribution is -2.50. The fourth-order valence-electron chi connectivity index (χ4n) is 1.23. The highest BCUT2D eigenvalue weighted by atomic mass is 79.9. The highest BCUT2D eigenvalue weighted by molar-refractivity contribution is 9.10. The van der Waals surface area contributed by atoms with Gasteiger partial charge in [-0.15, -0.1) is 0 Å². The number of aromatic nitrogens is 1. The molecule has 0 atom stereocenters. The number of nitrogens with zero attached hydrogens (tertiary/aromatic N) is 1. The molecule has 0 bridgehead atoms. The Balaban J connectivity index is 3.08. The van der Waals surface area contributed by atoms with Crippen molar-refractivity contribution in [1.29, 1.82) is 0 Å². The number of rotatable bonds is 6.